The van der Waals surface area contributed by atoms with Crippen molar-refractivity contribution in [3.8, 4) is 0 Å². The summed E-state index contributed by atoms with van der Waals surface area (Å²) in [4.78, 5) is 3.42. The smallest absolute Gasteiger partial charge is 0.423 e. The topological polar surface area (TPSA) is 53.4 Å². The minimum Gasteiger partial charge on any atom is -0.423 e. The highest BCUT2D eigenvalue weighted by Crippen LogP contribution is 2.23. The Bertz CT molecular complexity index is 301. The maximum Gasteiger partial charge on any atom is 0.488 e. The van der Waals surface area contributed by atoms with Gasteiger partial charge in [0, 0.05) is 13.1 Å². The summed E-state index contributed by atoms with van der Waals surface area (Å²) in [5.41, 5.74) is -0.468. The molecule has 1 rings (SSSR count). The SMILES string of the molecule is CC(F)(F)c1cc(B(O)O)ccn1. The third-order valence-corrected chi connectivity index (χ3v) is 1.53. The van der Waals surface area contributed by atoms with E-state index in [1.54, 1.807) is 0 Å². The highest BCUT2D eigenvalue weighted by Gasteiger charge is 2.27. The van der Waals surface area contributed by atoms with Crippen LogP contribution < -0.4 is 5.46 Å². The highest BCUT2D eigenvalue weighted by molar-refractivity contribution is 6.58. The molecule has 0 fully saturated rings. The van der Waals surface area contributed by atoms with Crippen LogP contribution in [-0.4, -0.2) is 22.2 Å². The number of aromatic nitrogens is 1. The molecule has 0 aliphatic carbocycles. The molecule has 0 atom stereocenters. The molecule has 1 aromatic heterocycles. The first-order valence-corrected chi connectivity index (χ1v) is 3.61. The largest absolute Gasteiger partial charge is 0.488 e. The third-order valence-electron chi connectivity index (χ3n) is 1.53. The average molecular weight is 187 g/mol. The zero-order valence-electron chi connectivity index (χ0n) is 6.91. The van der Waals surface area contributed by atoms with Gasteiger partial charge >= 0.3 is 7.12 Å². The maximum absolute atomic E-state index is 12.7. The second-order valence-corrected chi connectivity index (χ2v) is 2.74. The van der Waals surface area contributed by atoms with Gasteiger partial charge in [0.25, 0.3) is 5.92 Å². The van der Waals surface area contributed by atoms with Crippen molar-refractivity contribution < 1.29 is 18.8 Å². The lowest BCUT2D eigenvalue weighted by molar-refractivity contribution is 0.0128. The maximum atomic E-state index is 12.7. The molecular formula is C7H8BF2NO2. The van der Waals surface area contributed by atoms with Crippen molar-refractivity contribution >= 4 is 12.6 Å². The van der Waals surface area contributed by atoms with Gasteiger partial charge in [-0.1, -0.05) is 0 Å². The summed E-state index contributed by atoms with van der Waals surface area (Å²) in [6, 6.07) is 2.23. The minimum atomic E-state index is -3.06. The van der Waals surface area contributed by atoms with Crippen LogP contribution in [0.4, 0.5) is 8.78 Å². The van der Waals surface area contributed by atoms with Gasteiger partial charge in [0.2, 0.25) is 0 Å². The van der Waals surface area contributed by atoms with Crippen molar-refractivity contribution in [2.24, 2.45) is 0 Å². The molecule has 0 spiro atoms. The van der Waals surface area contributed by atoms with Gasteiger partial charge in [0.15, 0.2) is 0 Å². The number of pyridine rings is 1. The van der Waals surface area contributed by atoms with E-state index in [-0.39, 0.29) is 5.46 Å². The van der Waals surface area contributed by atoms with Gasteiger partial charge in [-0.3, -0.25) is 4.98 Å². The molecule has 1 aromatic rings. The van der Waals surface area contributed by atoms with Crippen molar-refractivity contribution in [3.63, 3.8) is 0 Å². The predicted octanol–water partition coefficient (Wildman–Crippen LogP) is -0.127. The highest BCUT2D eigenvalue weighted by atomic mass is 19.3. The number of halogens is 2. The molecule has 70 valence electrons. The van der Waals surface area contributed by atoms with Crippen molar-refractivity contribution in [2.45, 2.75) is 12.8 Å². The van der Waals surface area contributed by atoms with E-state index in [0.717, 1.165) is 12.3 Å². The van der Waals surface area contributed by atoms with E-state index >= 15 is 0 Å². The summed E-state index contributed by atoms with van der Waals surface area (Å²) < 4.78 is 25.3. The van der Waals surface area contributed by atoms with E-state index in [2.05, 4.69) is 4.98 Å². The van der Waals surface area contributed by atoms with E-state index in [1.165, 1.54) is 6.07 Å². The van der Waals surface area contributed by atoms with Crippen LogP contribution in [0.1, 0.15) is 12.6 Å². The van der Waals surface area contributed by atoms with Gasteiger partial charge in [-0.05, 0) is 17.6 Å². The van der Waals surface area contributed by atoms with Gasteiger partial charge in [0.1, 0.15) is 5.69 Å². The van der Waals surface area contributed by atoms with Crippen LogP contribution in [-0.2, 0) is 5.92 Å². The Labute approximate surface area is 74.2 Å². The van der Waals surface area contributed by atoms with Crippen LogP contribution in [0, 0.1) is 0 Å². The molecule has 0 bridgehead atoms. The van der Waals surface area contributed by atoms with E-state index in [4.69, 9.17) is 10.0 Å². The van der Waals surface area contributed by atoms with E-state index in [1.807, 2.05) is 0 Å². The number of nitrogens with zero attached hydrogens (tertiary/aromatic N) is 1. The number of hydrogen-bond acceptors (Lipinski definition) is 3. The summed E-state index contributed by atoms with van der Waals surface area (Å²) in [6.07, 6.45) is 1.11. The number of hydrogen-bond donors (Lipinski definition) is 2. The van der Waals surface area contributed by atoms with Crippen LogP contribution in [0.25, 0.3) is 0 Å². The van der Waals surface area contributed by atoms with Gasteiger partial charge in [-0.2, -0.15) is 8.78 Å². The molecule has 13 heavy (non-hydrogen) atoms. The minimum absolute atomic E-state index is 0.00604. The Morgan fingerprint density at radius 2 is 2.08 bits per heavy atom. The second kappa shape index (κ2) is 3.39. The Morgan fingerprint density at radius 3 is 2.54 bits per heavy atom. The molecule has 0 saturated heterocycles. The number of rotatable bonds is 2. The molecule has 0 aliphatic heterocycles. The molecule has 0 aromatic carbocycles. The molecule has 1 heterocycles. The molecule has 6 heteroatoms. The fraction of sp³-hybridized carbons (Fsp3) is 0.286. The Morgan fingerprint density at radius 1 is 1.46 bits per heavy atom. The van der Waals surface area contributed by atoms with Gasteiger partial charge < -0.3 is 10.0 Å². The first-order valence-electron chi connectivity index (χ1n) is 3.61. The summed E-state index contributed by atoms with van der Waals surface area (Å²) >= 11 is 0. The van der Waals surface area contributed by atoms with Crippen LogP contribution in [0.15, 0.2) is 18.3 Å². The second-order valence-electron chi connectivity index (χ2n) is 2.74. The molecule has 2 N–H and O–H groups in total. The summed E-state index contributed by atoms with van der Waals surface area (Å²) in [6.45, 7) is 0.697. The van der Waals surface area contributed by atoms with Gasteiger partial charge in [-0.15, -0.1) is 0 Å². The molecule has 0 saturated carbocycles. The van der Waals surface area contributed by atoms with Gasteiger partial charge in [0.05, 0.1) is 0 Å². The first kappa shape index (κ1) is 10.1. The average Bonchev–Trinajstić information content (AvgIpc) is 2.03. The zero-order chi connectivity index (χ0) is 10.1. The molecule has 0 aliphatic rings. The van der Waals surface area contributed by atoms with Crippen LogP contribution in [0.3, 0.4) is 0 Å². The van der Waals surface area contributed by atoms with E-state index in [0.29, 0.717) is 6.92 Å². The lowest BCUT2D eigenvalue weighted by Crippen LogP contribution is -2.31. The molecular weight excluding hydrogens is 179 g/mol. The Kier molecular flexibility index (Phi) is 2.63. The van der Waals surface area contributed by atoms with E-state index < -0.39 is 18.7 Å². The monoisotopic (exact) mass is 187 g/mol. The molecule has 3 nitrogen and oxygen atoms in total. The molecule has 0 unspecified atom stereocenters. The predicted molar refractivity (Wildman–Crippen MR) is 43.6 cm³/mol. The van der Waals surface area contributed by atoms with Crippen LogP contribution in [0.5, 0.6) is 0 Å². The number of alkyl halides is 2. The molecule has 0 radical (unpaired) electrons. The summed E-state index contributed by atoms with van der Waals surface area (Å²) in [5.74, 6) is -3.06. The Balaban J connectivity index is 3.06. The quantitative estimate of drug-likeness (QED) is 0.634. The third kappa shape index (κ3) is 2.47. The lowest BCUT2D eigenvalue weighted by Gasteiger charge is -2.10. The Hall–Kier alpha value is -1.01. The van der Waals surface area contributed by atoms with Crippen molar-refractivity contribution in [3.05, 3.63) is 24.0 Å². The normalized spacial score (nSPS) is 11.5. The summed E-state index contributed by atoms with van der Waals surface area (Å²) in [5, 5.41) is 17.4. The fourth-order valence-electron chi connectivity index (χ4n) is 0.848. The lowest BCUT2D eigenvalue weighted by atomic mass is 9.80. The summed E-state index contributed by atoms with van der Waals surface area (Å²) in [7, 11) is -1.75. The van der Waals surface area contributed by atoms with Gasteiger partial charge in [-0.25, -0.2) is 0 Å². The van der Waals surface area contributed by atoms with Crippen molar-refractivity contribution in [1.29, 1.82) is 0 Å². The molecule has 0 amide bonds. The van der Waals surface area contributed by atoms with Crippen molar-refractivity contribution in [2.75, 3.05) is 0 Å². The first-order chi connectivity index (χ1) is 5.91. The zero-order valence-corrected chi connectivity index (χ0v) is 6.91. The van der Waals surface area contributed by atoms with E-state index in [9.17, 15) is 8.78 Å². The fourth-order valence-corrected chi connectivity index (χ4v) is 0.848. The standard InChI is InChI=1S/C7H8BF2NO2/c1-7(9,10)6-4-5(8(12)13)2-3-11-6/h2-4,12-13H,1H3. The van der Waals surface area contributed by atoms with Crippen molar-refractivity contribution in [1.82, 2.24) is 4.98 Å². The van der Waals surface area contributed by atoms with Crippen LogP contribution >= 0.6 is 0 Å². The van der Waals surface area contributed by atoms with Crippen LogP contribution in [0.2, 0.25) is 0 Å².